The van der Waals surface area contributed by atoms with Gasteiger partial charge in [-0.2, -0.15) is 0 Å². The molecular formula is C31H26N2O. The highest BCUT2D eigenvalue weighted by atomic mass is 16.3. The van der Waals surface area contributed by atoms with Crippen LogP contribution < -0.4 is 0 Å². The summed E-state index contributed by atoms with van der Waals surface area (Å²) in [7, 11) is 0. The van der Waals surface area contributed by atoms with E-state index in [-0.39, 0.29) is 0 Å². The van der Waals surface area contributed by atoms with Crippen LogP contribution in [-0.2, 0) is 6.42 Å². The molecule has 0 N–H and O–H groups in total. The van der Waals surface area contributed by atoms with E-state index in [1.807, 2.05) is 18.4 Å². The smallest absolute Gasteiger partial charge is 0.149 e. The first-order chi connectivity index (χ1) is 16.7. The van der Waals surface area contributed by atoms with E-state index >= 15 is 0 Å². The minimum Gasteiger partial charge on any atom is -0.464 e. The lowest BCUT2D eigenvalue weighted by atomic mass is 10.0. The fraction of sp³-hybridized carbons (Fsp3) is 0.129. The molecule has 0 unspecified atom stereocenters. The van der Waals surface area contributed by atoms with Gasteiger partial charge in [0.2, 0.25) is 0 Å². The van der Waals surface area contributed by atoms with E-state index in [1.54, 1.807) is 0 Å². The molecule has 34 heavy (non-hydrogen) atoms. The van der Waals surface area contributed by atoms with Crippen molar-refractivity contribution in [3.63, 3.8) is 0 Å². The number of furan rings is 1. The molecule has 4 aromatic carbocycles. The SMILES string of the molecule is CC(C)Cc1ccc2occ(-c3nc4ccccc4n3-c3ccc(-c4ccccc4)cc3)c2c1. The monoisotopic (exact) mass is 442 g/mol. The van der Waals surface area contributed by atoms with Crippen molar-refractivity contribution in [2.45, 2.75) is 20.3 Å². The molecule has 3 heteroatoms. The van der Waals surface area contributed by atoms with Gasteiger partial charge in [0, 0.05) is 11.1 Å². The number of fused-ring (bicyclic) bond motifs is 2. The van der Waals surface area contributed by atoms with Gasteiger partial charge < -0.3 is 4.42 Å². The maximum atomic E-state index is 5.97. The zero-order chi connectivity index (χ0) is 23.1. The minimum atomic E-state index is 0.598. The maximum Gasteiger partial charge on any atom is 0.149 e. The van der Waals surface area contributed by atoms with Crippen LogP contribution >= 0.6 is 0 Å². The highest BCUT2D eigenvalue weighted by Gasteiger charge is 2.19. The second kappa shape index (κ2) is 8.35. The van der Waals surface area contributed by atoms with Crippen LogP contribution in [0.2, 0.25) is 0 Å². The molecule has 3 nitrogen and oxygen atoms in total. The molecule has 0 fully saturated rings. The molecule has 166 valence electrons. The highest BCUT2D eigenvalue weighted by Crippen LogP contribution is 2.35. The maximum absolute atomic E-state index is 5.97. The second-order valence-corrected chi connectivity index (χ2v) is 9.25. The lowest BCUT2D eigenvalue weighted by Gasteiger charge is -2.11. The minimum absolute atomic E-state index is 0.598. The summed E-state index contributed by atoms with van der Waals surface area (Å²) < 4.78 is 8.21. The van der Waals surface area contributed by atoms with Gasteiger partial charge in [-0.25, -0.2) is 4.98 Å². The average molecular weight is 443 g/mol. The summed E-state index contributed by atoms with van der Waals surface area (Å²) in [6.07, 6.45) is 2.89. The lowest BCUT2D eigenvalue weighted by molar-refractivity contribution is 0.615. The van der Waals surface area contributed by atoms with Crippen LogP contribution in [0.4, 0.5) is 0 Å². The summed E-state index contributed by atoms with van der Waals surface area (Å²) in [4.78, 5) is 5.06. The second-order valence-electron chi connectivity index (χ2n) is 9.25. The van der Waals surface area contributed by atoms with Gasteiger partial charge in [0.1, 0.15) is 17.7 Å². The van der Waals surface area contributed by atoms with Crippen LogP contribution in [-0.4, -0.2) is 9.55 Å². The predicted octanol–water partition coefficient (Wildman–Crippen LogP) is 8.30. The first-order valence-electron chi connectivity index (χ1n) is 11.8. The van der Waals surface area contributed by atoms with Gasteiger partial charge in [-0.1, -0.05) is 74.5 Å². The zero-order valence-corrected chi connectivity index (χ0v) is 19.4. The lowest BCUT2D eigenvalue weighted by Crippen LogP contribution is -1.97. The van der Waals surface area contributed by atoms with Gasteiger partial charge >= 0.3 is 0 Å². The number of aromatic nitrogens is 2. The van der Waals surface area contributed by atoms with Crippen LogP contribution in [0.1, 0.15) is 19.4 Å². The summed E-state index contributed by atoms with van der Waals surface area (Å²) in [5.74, 6) is 1.50. The molecule has 6 aromatic rings. The Kier molecular flexibility index (Phi) is 5.03. The van der Waals surface area contributed by atoms with E-state index in [2.05, 4.69) is 103 Å². The third-order valence-electron chi connectivity index (χ3n) is 6.32. The van der Waals surface area contributed by atoms with Gasteiger partial charge in [-0.05, 0) is 65.4 Å². The Bertz CT molecular complexity index is 1590. The Hall–Kier alpha value is -4.11. The topological polar surface area (TPSA) is 31.0 Å². The molecule has 2 heterocycles. The molecule has 0 aliphatic heterocycles. The van der Waals surface area contributed by atoms with Crippen molar-refractivity contribution in [2.24, 2.45) is 5.92 Å². The van der Waals surface area contributed by atoms with E-state index in [9.17, 15) is 0 Å². The molecule has 0 aliphatic rings. The Morgan fingerprint density at radius 1 is 0.794 bits per heavy atom. The van der Waals surface area contributed by atoms with E-state index in [0.29, 0.717) is 5.92 Å². The van der Waals surface area contributed by atoms with Crippen molar-refractivity contribution < 1.29 is 4.42 Å². The van der Waals surface area contributed by atoms with Crippen LogP contribution in [0.3, 0.4) is 0 Å². The van der Waals surface area contributed by atoms with Crippen LogP contribution in [0.25, 0.3) is 50.2 Å². The standard InChI is InChI=1S/C31H26N2O/c1-21(2)18-22-12-17-30-26(19-22)27(20-34-30)31-32-28-10-6-7-11-29(28)33(31)25-15-13-24(14-16-25)23-8-4-3-5-9-23/h3-17,19-21H,18H2,1-2H3. The van der Waals surface area contributed by atoms with Gasteiger partial charge in [0.25, 0.3) is 0 Å². The third-order valence-corrected chi connectivity index (χ3v) is 6.32. The largest absolute Gasteiger partial charge is 0.464 e. The molecular weight excluding hydrogens is 416 g/mol. The summed E-state index contributed by atoms with van der Waals surface area (Å²) in [6.45, 7) is 4.50. The van der Waals surface area contributed by atoms with Crippen molar-refractivity contribution in [3.05, 3.63) is 109 Å². The Labute approximate surface area is 199 Å². The summed E-state index contributed by atoms with van der Waals surface area (Å²) in [6, 6.07) is 34.0. The molecule has 0 spiro atoms. The molecule has 6 rings (SSSR count). The first-order valence-corrected chi connectivity index (χ1v) is 11.8. The quantitative estimate of drug-likeness (QED) is 0.269. The van der Waals surface area contributed by atoms with Crippen LogP contribution in [0.15, 0.2) is 108 Å². The number of rotatable bonds is 5. The molecule has 0 bridgehead atoms. The van der Waals surface area contributed by atoms with Crippen molar-refractivity contribution in [1.29, 1.82) is 0 Å². The summed E-state index contributed by atoms with van der Waals surface area (Å²) >= 11 is 0. The summed E-state index contributed by atoms with van der Waals surface area (Å²) in [5.41, 5.74) is 8.77. The first kappa shape index (κ1) is 20.5. The normalized spacial score (nSPS) is 11.6. The molecule has 0 radical (unpaired) electrons. The molecule has 0 saturated heterocycles. The van der Waals surface area contributed by atoms with Gasteiger partial charge in [-0.15, -0.1) is 0 Å². The van der Waals surface area contributed by atoms with Crippen LogP contribution in [0, 0.1) is 5.92 Å². The molecule has 0 atom stereocenters. The average Bonchev–Trinajstić information content (AvgIpc) is 3.45. The number of hydrogen-bond acceptors (Lipinski definition) is 2. The number of para-hydroxylation sites is 2. The summed E-state index contributed by atoms with van der Waals surface area (Å²) in [5, 5.41) is 1.11. The number of nitrogens with zero attached hydrogens (tertiary/aromatic N) is 2. The van der Waals surface area contributed by atoms with Gasteiger partial charge in [0.05, 0.1) is 16.6 Å². The molecule has 0 aliphatic carbocycles. The Morgan fingerprint density at radius 3 is 2.32 bits per heavy atom. The van der Waals surface area contributed by atoms with E-state index in [4.69, 9.17) is 9.40 Å². The zero-order valence-electron chi connectivity index (χ0n) is 19.4. The molecule has 0 saturated carbocycles. The van der Waals surface area contributed by atoms with Crippen molar-refractivity contribution in [1.82, 2.24) is 9.55 Å². The van der Waals surface area contributed by atoms with E-state index in [1.165, 1.54) is 16.7 Å². The number of imidazole rings is 1. The Morgan fingerprint density at radius 2 is 1.53 bits per heavy atom. The fourth-order valence-corrected chi connectivity index (χ4v) is 4.75. The van der Waals surface area contributed by atoms with Crippen molar-refractivity contribution in [2.75, 3.05) is 0 Å². The highest BCUT2D eigenvalue weighted by molar-refractivity contribution is 5.95. The van der Waals surface area contributed by atoms with Gasteiger partial charge in [-0.3, -0.25) is 4.57 Å². The van der Waals surface area contributed by atoms with Crippen molar-refractivity contribution >= 4 is 22.0 Å². The third kappa shape index (κ3) is 3.60. The molecule has 0 amide bonds. The number of hydrogen-bond donors (Lipinski definition) is 0. The number of benzene rings is 4. The molecule has 2 aromatic heterocycles. The van der Waals surface area contributed by atoms with Gasteiger partial charge in [0.15, 0.2) is 0 Å². The van der Waals surface area contributed by atoms with Crippen molar-refractivity contribution in [3.8, 4) is 28.2 Å². The fourth-order valence-electron chi connectivity index (χ4n) is 4.75. The Balaban J connectivity index is 1.53. The predicted molar refractivity (Wildman–Crippen MR) is 140 cm³/mol. The van der Waals surface area contributed by atoms with E-state index < -0.39 is 0 Å². The van der Waals surface area contributed by atoms with E-state index in [0.717, 1.165) is 45.5 Å². The van der Waals surface area contributed by atoms with Crippen LogP contribution in [0.5, 0.6) is 0 Å².